The quantitative estimate of drug-likeness (QED) is 0.486. The van der Waals surface area contributed by atoms with Crippen LogP contribution in [0.5, 0.6) is 0 Å². The SMILES string of the molecule is CNCc1cn(S(=O)(=O)c2cccnc2)c2cc(Nc3cc(C)ccc3F)ccc12. The maximum atomic E-state index is 14.2. The summed E-state index contributed by atoms with van der Waals surface area (Å²) in [4.78, 5) is 4.03. The summed E-state index contributed by atoms with van der Waals surface area (Å²) in [5, 5.41) is 6.92. The molecular formula is C22H21FN4O2S. The molecule has 0 saturated heterocycles. The van der Waals surface area contributed by atoms with E-state index >= 15 is 0 Å². The molecule has 0 unspecified atom stereocenters. The molecule has 2 aromatic heterocycles. The van der Waals surface area contributed by atoms with Crippen LogP contribution in [0, 0.1) is 12.7 Å². The smallest absolute Gasteiger partial charge is 0.269 e. The molecular weight excluding hydrogens is 403 g/mol. The average molecular weight is 425 g/mol. The number of aromatic nitrogens is 2. The standard InChI is InChI=1S/C22H21FN4O2S/c1-15-5-8-20(23)21(10-15)26-17-6-7-19-16(12-24-2)14-27(22(19)11-17)30(28,29)18-4-3-9-25-13-18/h3-11,13-14,24,26H,12H2,1-2H3. The Morgan fingerprint density at radius 2 is 1.97 bits per heavy atom. The van der Waals surface area contributed by atoms with Crippen molar-refractivity contribution in [2.24, 2.45) is 0 Å². The van der Waals surface area contributed by atoms with E-state index in [4.69, 9.17) is 0 Å². The van der Waals surface area contributed by atoms with E-state index in [0.29, 0.717) is 23.4 Å². The lowest BCUT2D eigenvalue weighted by atomic mass is 10.1. The van der Waals surface area contributed by atoms with E-state index in [1.54, 1.807) is 37.5 Å². The van der Waals surface area contributed by atoms with Crippen LogP contribution in [0.4, 0.5) is 15.8 Å². The minimum absolute atomic E-state index is 0.0981. The van der Waals surface area contributed by atoms with Crippen LogP contribution in [0.25, 0.3) is 10.9 Å². The molecule has 0 saturated carbocycles. The topological polar surface area (TPSA) is 76.0 Å². The van der Waals surface area contributed by atoms with Gasteiger partial charge in [0.2, 0.25) is 0 Å². The Kier molecular flexibility index (Phi) is 5.27. The molecule has 0 aliphatic heterocycles. The van der Waals surface area contributed by atoms with Gasteiger partial charge in [-0.1, -0.05) is 12.1 Å². The molecule has 6 nitrogen and oxygen atoms in total. The Bertz CT molecular complexity index is 1320. The number of fused-ring (bicyclic) bond motifs is 1. The fourth-order valence-corrected chi connectivity index (χ4v) is 4.73. The van der Waals surface area contributed by atoms with Gasteiger partial charge in [0.15, 0.2) is 0 Å². The Morgan fingerprint density at radius 1 is 1.13 bits per heavy atom. The highest BCUT2D eigenvalue weighted by atomic mass is 32.2. The molecule has 30 heavy (non-hydrogen) atoms. The molecule has 0 bridgehead atoms. The minimum atomic E-state index is -3.84. The highest BCUT2D eigenvalue weighted by molar-refractivity contribution is 7.90. The van der Waals surface area contributed by atoms with Crippen LogP contribution in [0.1, 0.15) is 11.1 Å². The van der Waals surface area contributed by atoms with Crippen molar-refractivity contribution in [2.45, 2.75) is 18.4 Å². The zero-order valence-electron chi connectivity index (χ0n) is 16.6. The van der Waals surface area contributed by atoms with Gasteiger partial charge in [-0.05, 0) is 61.5 Å². The van der Waals surface area contributed by atoms with E-state index in [1.807, 2.05) is 19.1 Å². The highest BCUT2D eigenvalue weighted by Gasteiger charge is 2.21. The molecule has 4 rings (SSSR count). The monoisotopic (exact) mass is 424 g/mol. The van der Waals surface area contributed by atoms with Gasteiger partial charge in [-0.25, -0.2) is 16.8 Å². The molecule has 0 fully saturated rings. The number of aryl methyl sites for hydroxylation is 1. The molecule has 0 radical (unpaired) electrons. The summed E-state index contributed by atoms with van der Waals surface area (Å²) in [5.41, 5.74) is 3.18. The Balaban J connectivity index is 1.86. The number of hydrogen-bond acceptors (Lipinski definition) is 5. The number of pyridine rings is 1. The summed E-state index contributed by atoms with van der Waals surface area (Å²) < 4.78 is 42.0. The van der Waals surface area contributed by atoms with Crippen LogP contribution in [0.3, 0.4) is 0 Å². The number of halogens is 1. The second kappa shape index (κ2) is 7.89. The molecule has 2 N–H and O–H groups in total. The fraction of sp³-hybridized carbons (Fsp3) is 0.136. The first-order valence-electron chi connectivity index (χ1n) is 9.37. The second-order valence-corrected chi connectivity index (χ2v) is 8.83. The summed E-state index contributed by atoms with van der Waals surface area (Å²) >= 11 is 0. The molecule has 8 heteroatoms. The molecule has 154 valence electrons. The van der Waals surface area contributed by atoms with Gasteiger partial charge in [0.1, 0.15) is 10.7 Å². The number of rotatable bonds is 6. The molecule has 0 amide bonds. The summed E-state index contributed by atoms with van der Waals surface area (Å²) in [6.07, 6.45) is 4.46. The molecule has 2 heterocycles. The maximum Gasteiger partial charge on any atom is 0.269 e. The first-order valence-corrected chi connectivity index (χ1v) is 10.8. The highest BCUT2D eigenvalue weighted by Crippen LogP contribution is 2.30. The molecule has 2 aromatic carbocycles. The number of nitrogens with zero attached hydrogens (tertiary/aromatic N) is 2. The molecule has 0 aliphatic carbocycles. The van der Waals surface area contributed by atoms with Crippen molar-refractivity contribution < 1.29 is 12.8 Å². The van der Waals surface area contributed by atoms with Crippen molar-refractivity contribution in [2.75, 3.05) is 12.4 Å². The maximum absolute atomic E-state index is 14.2. The predicted octanol–water partition coefficient (Wildman–Crippen LogP) is 4.18. The second-order valence-electron chi connectivity index (χ2n) is 7.01. The lowest BCUT2D eigenvalue weighted by Crippen LogP contribution is -2.12. The van der Waals surface area contributed by atoms with Crippen LogP contribution in [0.2, 0.25) is 0 Å². The van der Waals surface area contributed by atoms with Crippen molar-refractivity contribution in [3.05, 3.63) is 84.1 Å². The van der Waals surface area contributed by atoms with Gasteiger partial charge in [0.05, 0.1) is 11.2 Å². The summed E-state index contributed by atoms with van der Waals surface area (Å²) in [7, 11) is -2.04. The number of anilines is 2. The van der Waals surface area contributed by atoms with Crippen LogP contribution >= 0.6 is 0 Å². The van der Waals surface area contributed by atoms with Gasteiger partial charge < -0.3 is 10.6 Å². The van der Waals surface area contributed by atoms with Crippen LogP contribution in [-0.4, -0.2) is 24.4 Å². The van der Waals surface area contributed by atoms with Crippen molar-refractivity contribution in [1.29, 1.82) is 0 Å². The van der Waals surface area contributed by atoms with Gasteiger partial charge in [-0.3, -0.25) is 4.98 Å². The van der Waals surface area contributed by atoms with E-state index in [2.05, 4.69) is 15.6 Å². The largest absolute Gasteiger partial charge is 0.353 e. The van der Waals surface area contributed by atoms with Crippen molar-refractivity contribution >= 4 is 32.3 Å². The summed E-state index contributed by atoms with van der Waals surface area (Å²) in [5.74, 6) is -0.380. The van der Waals surface area contributed by atoms with E-state index in [0.717, 1.165) is 16.5 Å². The van der Waals surface area contributed by atoms with Gasteiger partial charge in [-0.15, -0.1) is 0 Å². The Morgan fingerprint density at radius 3 is 2.70 bits per heavy atom. The normalized spacial score (nSPS) is 11.7. The van der Waals surface area contributed by atoms with Crippen molar-refractivity contribution in [3.8, 4) is 0 Å². The Hall–Kier alpha value is -3.23. The fourth-order valence-electron chi connectivity index (χ4n) is 3.38. The van der Waals surface area contributed by atoms with Crippen LogP contribution in [0.15, 0.2) is 72.0 Å². The van der Waals surface area contributed by atoms with Crippen molar-refractivity contribution in [3.63, 3.8) is 0 Å². The van der Waals surface area contributed by atoms with Crippen molar-refractivity contribution in [1.82, 2.24) is 14.3 Å². The molecule has 0 atom stereocenters. The third-order valence-electron chi connectivity index (χ3n) is 4.81. The number of nitrogens with one attached hydrogen (secondary N) is 2. The van der Waals surface area contributed by atoms with Gasteiger partial charge in [-0.2, -0.15) is 0 Å². The summed E-state index contributed by atoms with van der Waals surface area (Å²) in [6, 6.07) is 13.3. The number of benzene rings is 2. The number of hydrogen-bond donors (Lipinski definition) is 2. The minimum Gasteiger partial charge on any atom is -0.353 e. The van der Waals surface area contributed by atoms with Crippen LogP contribution in [-0.2, 0) is 16.6 Å². The zero-order chi connectivity index (χ0) is 21.3. The molecule has 4 aromatic rings. The average Bonchev–Trinajstić information content (AvgIpc) is 3.10. The first-order chi connectivity index (χ1) is 14.4. The molecule has 0 spiro atoms. The lowest BCUT2D eigenvalue weighted by molar-refractivity contribution is 0.588. The first kappa shape index (κ1) is 20.1. The van der Waals surface area contributed by atoms with Gasteiger partial charge >= 0.3 is 0 Å². The van der Waals surface area contributed by atoms with E-state index < -0.39 is 10.0 Å². The van der Waals surface area contributed by atoms with E-state index in [1.165, 1.54) is 28.5 Å². The molecule has 0 aliphatic rings. The van der Waals surface area contributed by atoms with E-state index in [-0.39, 0.29) is 10.7 Å². The zero-order valence-corrected chi connectivity index (χ0v) is 17.4. The van der Waals surface area contributed by atoms with E-state index in [9.17, 15) is 12.8 Å². The lowest BCUT2D eigenvalue weighted by Gasteiger charge is -2.11. The Labute approximate surface area is 174 Å². The predicted molar refractivity (Wildman–Crippen MR) is 116 cm³/mol. The summed E-state index contributed by atoms with van der Waals surface area (Å²) in [6.45, 7) is 2.38. The van der Waals surface area contributed by atoms with Gasteiger partial charge in [0, 0.05) is 36.2 Å². The van der Waals surface area contributed by atoms with Crippen LogP contribution < -0.4 is 10.6 Å². The third kappa shape index (κ3) is 3.67. The third-order valence-corrected chi connectivity index (χ3v) is 6.47. The van der Waals surface area contributed by atoms with Gasteiger partial charge in [0.25, 0.3) is 10.0 Å².